The van der Waals surface area contributed by atoms with Crippen LogP contribution in [0.25, 0.3) is 10.9 Å². The van der Waals surface area contributed by atoms with Crippen LogP contribution in [-0.4, -0.2) is 38.3 Å². The normalized spacial score (nSPS) is 16.1. The summed E-state index contributed by atoms with van der Waals surface area (Å²) in [4.78, 5) is 15.1. The van der Waals surface area contributed by atoms with E-state index in [4.69, 9.17) is 9.47 Å². The summed E-state index contributed by atoms with van der Waals surface area (Å²) in [6.07, 6.45) is 2.20. The molecule has 7 heteroatoms. The molecule has 0 spiro atoms. The number of carbonyl (C=O) groups is 1. The van der Waals surface area contributed by atoms with Gasteiger partial charge < -0.3 is 14.8 Å². The number of carbonyl (C=O) groups excluding carboxylic acids is 1. The standard InChI is InChI=1S/C20H24N4O3/c1-2-26-16-6-7-17-14(12-16)11-15(13-21)19(24-17)22-8-4-9-23-20(25)18-5-3-10-27-18/h6-7,11-12,18H,2-5,8-10H2,1H3,(H,22,24)(H,23,25)/p+1/t18-/m1/s1. The number of nitrogens with one attached hydrogen (secondary N) is 3. The predicted octanol–water partition coefficient (Wildman–Crippen LogP) is 2.02. The summed E-state index contributed by atoms with van der Waals surface area (Å²) in [5.41, 5.74) is 1.46. The summed E-state index contributed by atoms with van der Waals surface area (Å²) in [6.45, 7) is 4.41. The monoisotopic (exact) mass is 369 g/mol. The first-order chi connectivity index (χ1) is 13.2. The van der Waals surface area contributed by atoms with E-state index in [1.165, 1.54) is 0 Å². The van der Waals surface area contributed by atoms with Crippen LogP contribution in [0.3, 0.4) is 0 Å². The number of anilines is 1. The number of pyridine rings is 1. The van der Waals surface area contributed by atoms with Crippen LogP contribution in [0.4, 0.5) is 5.82 Å². The SMILES string of the molecule is CCOc1ccc2[nH+]c(NCCCNC(=O)[C@H]3CCCO3)c(C#N)cc2c1. The molecule has 1 aliphatic heterocycles. The second-order valence-corrected chi connectivity index (χ2v) is 6.42. The lowest BCUT2D eigenvalue weighted by molar-refractivity contribution is -0.327. The lowest BCUT2D eigenvalue weighted by Crippen LogP contribution is -2.35. The third-order valence-electron chi connectivity index (χ3n) is 4.46. The second kappa shape index (κ2) is 9.19. The van der Waals surface area contributed by atoms with Gasteiger partial charge in [0.15, 0.2) is 0 Å². The van der Waals surface area contributed by atoms with Crippen LogP contribution in [0, 0.1) is 11.3 Å². The predicted molar refractivity (Wildman–Crippen MR) is 101 cm³/mol. The fraction of sp³-hybridized carbons (Fsp3) is 0.450. The number of amides is 1. The number of benzene rings is 1. The zero-order chi connectivity index (χ0) is 19.1. The van der Waals surface area contributed by atoms with Gasteiger partial charge in [-0.2, -0.15) is 5.26 Å². The van der Waals surface area contributed by atoms with Crippen LogP contribution in [-0.2, 0) is 9.53 Å². The van der Waals surface area contributed by atoms with E-state index in [9.17, 15) is 10.1 Å². The molecule has 0 radical (unpaired) electrons. The van der Waals surface area contributed by atoms with Gasteiger partial charge in [0, 0.05) is 25.0 Å². The maximum absolute atomic E-state index is 11.9. The summed E-state index contributed by atoms with van der Waals surface area (Å²) < 4.78 is 10.9. The highest BCUT2D eigenvalue weighted by Gasteiger charge is 2.22. The van der Waals surface area contributed by atoms with Crippen molar-refractivity contribution >= 4 is 22.6 Å². The number of aromatic nitrogens is 1. The number of hydrogen-bond acceptors (Lipinski definition) is 5. The minimum atomic E-state index is -0.293. The minimum Gasteiger partial charge on any atom is -0.494 e. The van der Waals surface area contributed by atoms with Gasteiger partial charge in [0.1, 0.15) is 29.0 Å². The molecule has 0 bridgehead atoms. The maximum atomic E-state index is 11.9. The van der Waals surface area contributed by atoms with Crippen LogP contribution in [0.15, 0.2) is 24.3 Å². The van der Waals surface area contributed by atoms with Crippen LogP contribution in [0.2, 0.25) is 0 Å². The van der Waals surface area contributed by atoms with Gasteiger partial charge in [-0.25, -0.2) is 4.98 Å². The van der Waals surface area contributed by atoms with Crippen molar-refractivity contribution in [2.75, 3.05) is 31.6 Å². The topological polar surface area (TPSA) is 97.5 Å². The molecule has 1 saturated heterocycles. The molecular weight excluding hydrogens is 344 g/mol. The van der Waals surface area contributed by atoms with E-state index in [1.54, 1.807) is 0 Å². The largest absolute Gasteiger partial charge is 0.494 e. The zero-order valence-electron chi connectivity index (χ0n) is 15.5. The molecule has 1 atom stereocenters. The Labute approximate surface area is 158 Å². The molecule has 0 unspecified atom stereocenters. The van der Waals surface area contributed by atoms with E-state index in [0.717, 1.165) is 35.9 Å². The number of ether oxygens (including phenoxy) is 2. The molecule has 0 saturated carbocycles. The Kier molecular flexibility index (Phi) is 6.44. The molecule has 3 rings (SSSR count). The van der Waals surface area contributed by atoms with Gasteiger partial charge in [0.2, 0.25) is 5.91 Å². The van der Waals surface area contributed by atoms with Crippen LogP contribution in [0.5, 0.6) is 5.75 Å². The number of nitrogens with zero attached hydrogens (tertiary/aromatic N) is 1. The molecule has 7 nitrogen and oxygen atoms in total. The van der Waals surface area contributed by atoms with E-state index < -0.39 is 0 Å². The molecule has 1 aromatic heterocycles. The van der Waals surface area contributed by atoms with Crippen molar-refractivity contribution in [2.24, 2.45) is 0 Å². The Morgan fingerprint density at radius 1 is 1.41 bits per heavy atom. The second-order valence-electron chi connectivity index (χ2n) is 6.42. The highest BCUT2D eigenvalue weighted by atomic mass is 16.5. The van der Waals surface area contributed by atoms with Crippen LogP contribution >= 0.6 is 0 Å². The Morgan fingerprint density at radius 2 is 2.30 bits per heavy atom. The Balaban J connectivity index is 1.55. The van der Waals surface area contributed by atoms with Gasteiger partial charge >= 0.3 is 0 Å². The molecule has 0 aliphatic carbocycles. The number of aromatic amines is 1. The number of H-pyrrole nitrogens is 1. The molecule has 1 aliphatic rings. The highest BCUT2D eigenvalue weighted by Crippen LogP contribution is 2.21. The first-order valence-corrected chi connectivity index (χ1v) is 9.37. The molecule has 142 valence electrons. The Morgan fingerprint density at radius 3 is 3.04 bits per heavy atom. The third-order valence-corrected chi connectivity index (χ3v) is 4.46. The number of nitriles is 1. The lowest BCUT2D eigenvalue weighted by Gasteiger charge is -2.10. The molecule has 3 N–H and O–H groups in total. The summed E-state index contributed by atoms with van der Waals surface area (Å²) in [5.74, 6) is 1.43. The molecule has 2 heterocycles. The van der Waals surface area contributed by atoms with Crippen molar-refractivity contribution in [3.63, 3.8) is 0 Å². The summed E-state index contributed by atoms with van der Waals surface area (Å²) in [6, 6.07) is 9.82. The van der Waals surface area contributed by atoms with Crippen molar-refractivity contribution in [1.29, 1.82) is 5.26 Å². The van der Waals surface area contributed by atoms with Crippen molar-refractivity contribution in [1.82, 2.24) is 5.32 Å². The van der Waals surface area contributed by atoms with Crippen molar-refractivity contribution in [2.45, 2.75) is 32.3 Å². The van der Waals surface area contributed by atoms with E-state index in [1.807, 2.05) is 31.2 Å². The number of hydrogen-bond donors (Lipinski definition) is 2. The smallest absolute Gasteiger partial charge is 0.290 e. The number of rotatable bonds is 8. The van der Waals surface area contributed by atoms with Gasteiger partial charge in [-0.15, -0.1) is 0 Å². The fourth-order valence-corrected chi connectivity index (χ4v) is 3.10. The fourth-order valence-electron chi connectivity index (χ4n) is 3.10. The van der Waals surface area contributed by atoms with E-state index in [2.05, 4.69) is 21.7 Å². The van der Waals surface area contributed by atoms with Crippen molar-refractivity contribution < 1.29 is 19.3 Å². The highest BCUT2D eigenvalue weighted by molar-refractivity contribution is 5.81. The Bertz CT molecular complexity index is 841. The molecule has 27 heavy (non-hydrogen) atoms. The maximum Gasteiger partial charge on any atom is 0.290 e. The summed E-state index contributed by atoms with van der Waals surface area (Å²) in [7, 11) is 0. The molecular formula is C20H25N4O3+. The van der Waals surface area contributed by atoms with Gasteiger partial charge in [-0.3, -0.25) is 10.1 Å². The first kappa shape index (κ1) is 18.9. The van der Waals surface area contributed by atoms with Crippen LogP contribution < -0.4 is 20.4 Å². The average Bonchev–Trinajstić information content (AvgIpc) is 3.22. The average molecular weight is 369 g/mol. The summed E-state index contributed by atoms with van der Waals surface area (Å²) in [5, 5.41) is 16.5. The first-order valence-electron chi connectivity index (χ1n) is 9.37. The van der Waals surface area contributed by atoms with E-state index in [-0.39, 0.29) is 12.0 Å². The molecule has 1 fully saturated rings. The van der Waals surface area contributed by atoms with Gasteiger partial charge in [-0.05, 0) is 44.0 Å². The van der Waals surface area contributed by atoms with E-state index in [0.29, 0.717) is 37.7 Å². The molecule has 1 aromatic carbocycles. The lowest BCUT2D eigenvalue weighted by atomic mass is 10.1. The van der Waals surface area contributed by atoms with Gasteiger partial charge in [0.05, 0.1) is 13.2 Å². The van der Waals surface area contributed by atoms with E-state index >= 15 is 0 Å². The van der Waals surface area contributed by atoms with Gasteiger partial charge in [-0.1, -0.05) is 0 Å². The summed E-state index contributed by atoms with van der Waals surface area (Å²) >= 11 is 0. The zero-order valence-corrected chi connectivity index (χ0v) is 15.5. The molecule has 1 amide bonds. The number of fused-ring (bicyclic) bond motifs is 1. The van der Waals surface area contributed by atoms with Gasteiger partial charge in [0.25, 0.3) is 5.82 Å². The quantitative estimate of drug-likeness (QED) is 0.694. The molecule has 2 aromatic rings. The Hall–Kier alpha value is -2.85. The van der Waals surface area contributed by atoms with Crippen molar-refractivity contribution in [3.8, 4) is 11.8 Å². The third kappa shape index (κ3) is 4.86. The van der Waals surface area contributed by atoms with Crippen LogP contribution in [0.1, 0.15) is 31.7 Å². The van der Waals surface area contributed by atoms with Crippen molar-refractivity contribution in [3.05, 3.63) is 29.8 Å². The minimum absolute atomic E-state index is 0.0346.